The molecule has 0 spiro atoms. The highest BCUT2D eigenvalue weighted by Gasteiger charge is 2.37. The molecular weight excluding hydrogens is 150 g/mol. The van der Waals surface area contributed by atoms with Gasteiger partial charge in [0.2, 0.25) is 0 Å². The van der Waals surface area contributed by atoms with Crippen LogP contribution in [0.4, 0.5) is 17.6 Å². The second-order valence-electron chi connectivity index (χ2n) is 1.95. The van der Waals surface area contributed by atoms with Crippen LogP contribution in [0.1, 0.15) is 6.42 Å². The van der Waals surface area contributed by atoms with Gasteiger partial charge in [-0.05, 0) is 6.42 Å². The average molecular weight is 159 g/mol. The number of hydrogen-bond donors (Lipinski definition) is 1. The van der Waals surface area contributed by atoms with Crippen LogP contribution in [0, 0.1) is 5.92 Å². The maximum absolute atomic E-state index is 11.7. The van der Waals surface area contributed by atoms with Crippen molar-refractivity contribution < 1.29 is 17.6 Å². The van der Waals surface area contributed by atoms with Crippen LogP contribution in [0.25, 0.3) is 0 Å². The highest BCUT2D eigenvalue weighted by molar-refractivity contribution is 4.67. The van der Waals surface area contributed by atoms with Crippen molar-refractivity contribution in [3.05, 3.63) is 0 Å². The normalized spacial score (nSPS) is 15.3. The predicted octanol–water partition coefficient (Wildman–Crippen LogP) is 1.48. The molecule has 0 saturated heterocycles. The third-order valence-electron chi connectivity index (χ3n) is 1.20. The molecule has 62 valence electrons. The highest BCUT2D eigenvalue weighted by Crippen LogP contribution is 2.27. The fourth-order valence-electron chi connectivity index (χ4n) is 0.547. The van der Waals surface area contributed by atoms with Crippen LogP contribution in [0.3, 0.4) is 0 Å². The Labute approximate surface area is 56.2 Å². The molecule has 0 fully saturated rings. The van der Waals surface area contributed by atoms with Gasteiger partial charge in [0.1, 0.15) is 0 Å². The molecule has 0 aromatic rings. The van der Waals surface area contributed by atoms with Gasteiger partial charge in [-0.25, -0.2) is 0 Å². The Morgan fingerprint density at radius 2 is 1.80 bits per heavy atom. The van der Waals surface area contributed by atoms with E-state index in [4.69, 9.17) is 5.73 Å². The molecule has 0 amide bonds. The van der Waals surface area contributed by atoms with Crippen LogP contribution < -0.4 is 5.73 Å². The molecule has 0 aliphatic heterocycles. The zero-order valence-corrected chi connectivity index (χ0v) is 5.29. The van der Waals surface area contributed by atoms with Crippen LogP contribution in [-0.4, -0.2) is 19.4 Å². The van der Waals surface area contributed by atoms with E-state index in [1.54, 1.807) is 0 Å². The molecule has 2 N–H and O–H groups in total. The van der Waals surface area contributed by atoms with Gasteiger partial charge in [-0.2, -0.15) is 13.2 Å². The number of alkyl halides is 4. The van der Waals surface area contributed by atoms with Gasteiger partial charge in [-0.1, -0.05) is 0 Å². The van der Waals surface area contributed by atoms with Crippen LogP contribution in [0.2, 0.25) is 0 Å². The van der Waals surface area contributed by atoms with Gasteiger partial charge in [-0.3, -0.25) is 4.39 Å². The average Bonchev–Trinajstić information content (AvgIpc) is 1.80. The standard InChI is InChI=1S/C5H9F4N/c6-2-1-4(3-10)5(7,8)9/h4H,1-3,10H2. The first-order chi connectivity index (χ1) is 4.52. The summed E-state index contributed by atoms with van der Waals surface area (Å²) in [6, 6.07) is 0. The van der Waals surface area contributed by atoms with Crippen molar-refractivity contribution in [1.82, 2.24) is 0 Å². The van der Waals surface area contributed by atoms with Gasteiger partial charge in [0.15, 0.2) is 0 Å². The largest absolute Gasteiger partial charge is 0.393 e. The Morgan fingerprint density at radius 1 is 1.30 bits per heavy atom. The zero-order valence-electron chi connectivity index (χ0n) is 5.29. The summed E-state index contributed by atoms with van der Waals surface area (Å²) in [4.78, 5) is 0. The fraction of sp³-hybridized carbons (Fsp3) is 1.00. The Hall–Kier alpha value is -0.320. The quantitative estimate of drug-likeness (QED) is 0.620. The summed E-state index contributed by atoms with van der Waals surface area (Å²) in [6.07, 6.45) is -4.87. The minimum atomic E-state index is -4.35. The fourth-order valence-corrected chi connectivity index (χ4v) is 0.547. The van der Waals surface area contributed by atoms with E-state index in [0.717, 1.165) is 0 Å². The number of nitrogens with two attached hydrogens (primary N) is 1. The SMILES string of the molecule is NCC(CCF)C(F)(F)F. The molecule has 0 aromatic carbocycles. The van der Waals surface area contributed by atoms with E-state index < -0.39 is 31.7 Å². The molecule has 0 saturated carbocycles. The van der Waals surface area contributed by atoms with Gasteiger partial charge in [0.25, 0.3) is 0 Å². The summed E-state index contributed by atoms with van der Waals surface area (Å²) < 4.78 is 46.4. The molecule has 0 bridgehead atoms. The minimum absolute atomic E-state index is 0.528. The summed E-state index contributed by atoms with van der Waals surface area (Å²) in [6.45, 7) is -1.51. The van der Waals surface area contributed by atoms with Crippen LogP contribution in [0.15, 0.2) is 0 Å². The third-order valence-corrected chi connectivity index (χ3v) is 1.20. The summed E-state index contributed by atoms with van der Waals surface area (Å²) in [5.74, 6) is -1.68. The monoisotopic (exact) mass is 159 g/mol. The summed E-state index contributed by atoms with van der Waals surface area (Å²) in [5.41, 5.74) is 4.76. The van der Waals surface area contributed by atoms with E-state index in [-0.39, 0.29) is 0 Å². The first-order valence-corrected chi connectivity index (χ1v) is 2.85. The van der Waals surface area contributed by atoms with E-state index in [2.05, 4.69) is 0 Å². The molecule has 1 atom stereocenters. The van der Waals surface area contributed by atoms with Gasteiger partial charge in [-0.15, -0.1) is 0 Å². The Bertz CT molecular complexity index is 90.1. The molecule has 1 unspecified atom stereocenters. The van der Waals surface area contributed by atoms with Crippen molar-refractivity contribution in [1.29, 1.82) is 0 Å². The number of rotatable bonds is 3. The third kappa shape index (κ3) is 3.00. The second kappa shape index (κ2) is 3.75. The first kappa shape index (κ1) is 9.68. The van der Waals surface area contributed by atoms with Gasteiger partial charge < -0.3 is 5.73 Å². The molecular formula is C5H9F4N. The van der Waals surface area contributed by atoms with Crippen molar-refractivity contribution in [2.45, 2.75) is 12.6 Å². The van der Waals surface area contributed by atoms with Crippen molar-refractivity contribution >= 4 is 0 Å². The van der Waals surface area contributed by atoms with Gasteiger partial charge in [0.05, 0.1) is 12.6 Å². The van der Waals surface area contributed by atoms with E-state index in [9.17, 15) is 17.6 Å². The topological polar surface area (TPSA) is 26.0 Å². The number of hydrogen-bond acceptors (Lipinski definition) is 1. The lowest BCUT2D eigenvalue weighted by molar-refractivity contribution is -0.174. The van der Waals surface area contributed by atoms with E-state index >= 15 is 0 Å². The molecule has 0 aliphatic rings. The van der Waals surface area contributed by atoms with Crippen LogP contribution >= 0.6 is 0 Å². The minimum Gasteiger partial charge on any atom is -0.330 e. The van der Waals surface area contributed by atoms with Gasteiger partial charge in [0, 0.05) is 6.54 Å². The molecule has 0 aromatic heterocycles. The molecule has 0 aliphatic carbocycles. The maximum atomic E-state index is 11.7. The molecule has 1 nitrogen and oxygen atoms in total. The van der Waals surface area contributed by atoms with Crippen LogP contribution in [0.5, 0.6) is 0 Å². The molecule has 5 heteroatoms. The smallest absolute Gasteiger partial charge is 0.330 e. The first-order valence-electron chi connectivity index (χ1n) is 2.85. The zero-order chi connectivity index (χ0) is 8.20. The Kier molecular flexibility index (Phi) is 3.63. The molecule has 10 heavy (non-hydrogen) atoms. The maximum Gasteiger partial charge on any atom is 0.393 e. The van der Waals surface area contributed by atoms with Crippen molar-refractivity contribution in [3.8, 4) is 0 Å². The summed E-state index contributed by atoms with van der Waals surface area (Å²) in [5, 5.41) is 0. The van der Waals surface area contributed by atoms with Crippen LogP contribution in [-0.2, 0) is 0 Å². The molecule has 0 rings (SSSR count). The molecule has 0 radical (unpaired) electrons. The second-order valence-corrected chi connectivity index (χ2v) is 1.95. The van der Waals surface area contributed by atoms with Gasteiger partial charge >= 0.3 is 6.18 Å². The summed E-state index contributed by atoms with van der Waals surface area (Å²) >= 11 is 0. The molecule has 0 heterocycles. The van der Waals surface area contributed by atoms with Crippen molar-refractivity contribution in [2.75, 3.05) is 13.2 Å². The lowest BCUT2D eigenvalue weighted by atomic mass is 10.1. The predicted molar refractivity (Wildman–Crippen MR) is 29.2 cm³/mol. The highest BCUT2D eigenvalue weighted by atomic mass is 19.4. The van der Waals surface area contributed by atoms with Crippen molar-refractivity contribution in [3.63, 3.8) is 0 Å². The lowest BCUT2D eigenvalue weighted by Crippen LogP contribution is -2.30. The Morgan fingerprint density at radius 3 is 1.90 bits per heavy atom. The Balaban J connectivity index is 3.81. The summed E-state index contributed by atoms with van der Waals surface area (Å²) in [7, 11) is 0. The number of halogens is 4. The van der Waals surface area contributed by atoms with E-state index in [1.807, 2.05) is 0 Å². The van der Waals surface area contributed by atoms with E-state index in [1.165, 1.54) is 0 Å². The van der Waals surface area contributed by atoms with E-state index in [0.29, 0.717) is 0 Å². The lowest BCUT2D eigenvalue weighted by Gasteiger charge is -2.15. The van der Waals surface area contributed by atoms with Crippen molar-refractivity contribution in [2.24, 2.45) is 11.7 Å².